The van der Waals surface area contributed by atoms with E-state index >= 15 is 0 Å². The monoisotopic (exact) mass is 532 g/mol. The van der Waals surface area contributed by atoms with Crippen LogP contribution in [0.1, 0.15) is 38.1 Å². The highest BCUT2D eigenvalue weighted by atomic mass is 32.2. The van der Waals surface area contributed by atoms with Crippen LogP contribution in [0.25, 0.3) is 0 Å². The number of nitrogens with zero attached hydrogens (tertiary/aromatic N) is 2. The van der Waals surface area contributed by atoms with E-state index in [0.29, 0.717) is 0 Å². The van der Waals surface area contributed by atoms with Crippen LogP contribution in [-0.4, -0.2) is 80.2 Å². The zero-order chi connectivity index (χ0) is 27.3. The molecule has 0 saturated heterocycles. The molecule has 2 aromatic rings. The van der Waals surface area contributed by atoms with Crippen molar-refractivity contribution in [2.24, 2.45) is 5.92 Å². The van der Waals surface area contributed by atoms with Crippen LogP contribution in [0.3, 0.4) is 0 Å². The summed E-state index contributed by atoms with van der Waals surface area (Å²) in [7, 11) is -2.32. The first-order valence-corrected chi connectivity index (χ1v) is 13.7. The fraction of sp³-hybridized carbons (Fsp3) is 0.462. The van der Waals surface area contributed by atoms with Gasteiger partial charge in [-0.3, -0.25) is 9.52 Å². The van der Waals surface area contributed by atoms with Crippen LogP contribution in [0.2, 0.25) is 0 Å². The smallest absolute Gasteiger partial charge is 0.317 e. The summed E-state index contributed by atoms with van der Waals surface area (Å²) in [6.45, 7) is 7.59. The van der Waals surface area contributed by atoms with Crippen molar-refractivity contribution in [1.29, 1.82) is 0 Å². The van der Waals surface area contributed by atoms with Gasteiger partial charge in [-0.1, -0.05) is 31.2 Å². The molecule has 1 heterocycles. The normalized spacial score (nSPS) is 18.8. The number of hydrogen-bond acceptors (Lipinski definition) is 6. The van der Waals surface area contributed by atoms with Crippen molar-refractivity contribution in [1.82, 2.24) is 15.1 Å². The predicted molar refractivity (Wildman–Crippen MR) is 141 cm³/mol. The molecule has 11 heteroatoms. The highest BCUT2D eigenvalue weighted by Crippen LogP contribution is 2.36. The second kappa shape index (κ2) is 11.8. The minimum atomic E-state index is -3.97. The van der Waals surface area contributed by atoms with Gasteiger partial charge in [0.05, 0.1) is 35.3 Å². The first-order valence-electron chi connectivity index (χ1n) is 12.3. The molecular formula is C26H36N4O6S. The number of nitrogens with one attached hydrogen (secondary N) is 2. The Labute approximate surface area is 218 Å². The van der Waals surface area contributed by atoms with Crippen molar-refractivity contribution in [3.05, 3.63) is 54.1 Å². The summed E-state index contributed by atoms with van der Waals surface area (Å²) < 4.78 is 35.1. The molecule has 3 rings (SSSR count). The number of carbonyl (C=O) groups excluding carboxylic acids is 2. The molecule has 202 valence electrons. The number of para-hydroxylation sites is 1. The third-order valence-electron chi connectivity index (χ3n) is 6.20. The van der Waals surface area contributed by atoms with Gasteiger partial charge in [-0.25, -0.2) is 13.2 Å². The number of likely N-dealkylation sites (N-methyl/N-ethyl adjacent to an activating group) is 1. The quantitative estimate of drug-likeness (QED) is 0.480. The Morgan fingerprint density at radius 2 is 1.84 bits per heavy atom. The van der Waals surface area contributed by atoms with Crippen molar-refractivity contribution < 1.29 is 27.9 Å². The summed E-state index contributed by atoms with van der Waals surface area (Å²) in [6.07, 6.45) is -0.578. The number of sulfonamides is 1. The Hall–Kier alpha value is -3.31. The maximum Gasteiger partial charge on any atom is 0.317 e. The van der Waals surface area contributed by atoms with Gasteiger partial charge >= 0.3 is 6.03 Å². The molecular weight excluding hydrogens is 496 g/mol. The molecule has 0 saturated carbocycles. The number of carbonyl (C=O) groups is 2. The summed E-state index contributed by atoms with van der Waals surface area (Å²) in [5.41, 5.74) is 0.277. The second-order valence-corrected chi connectivity index (χ2v) is 11.4. The van der Waals surface area contributed by atoms with Gasteiger partial charge in [0, 0.05) is 25.6 Å². The predicted octanol–water partition coefficient (Wildman–Crippen LogP) is 2.76. The van der Waals surface area contributed by atoms with Crippen LogP contribution in [0.5, 0.6) is 5.75 Å². The zero-order valence-electron chi connectivity index (χ0n) is 21.8. The van der Waals surface area contributed by atoms with Crippen LogP contribution in [0.15, 0.2) is 53.4 Å². The van der Waals surface area contributed by atoms with E-state index in [9.17, 15) is 23.1 Å². The molecule has 0 unspecified atom stereocenters. The lowest BCUT2D eigenvalue weighted by molar-refractivity contribution is 0.0369. The van der Waals surface area contributed by atoms with Gasteiger partial charge in [0.25, 0.3) is 15.9 Å². The summed E-state index contributed by atoms with van der Waals surface area (Å²) in [6, 6.07) is 11.8. The number of rotatable bonds is 8. The molecule has 0 aliphatic carbocycles. The van der Waals surface area contributed by atoms with Crippen molar-refractivity contribution in [3.63, 3.8) is 0 Å². The molecule has 0 radical (unpaired) electrons. The van der Waals surface area contributed by atoms with Crippen LogP contribution in [0.4, 0.5) is 10.5 Å². The van der Waals surface area contributed by atoms with Crippen molar-refractivity contribution in [2.75, 3.05) is 31.5 Å². The third kappa shape index (κ3) is 6.72. The number of amides is 3. The molecule has 0 aromatic heterocycles. The number of ether oxygens (including phenoxy) is 1. The molecule has 3 atom stereocenters. The first kappa shape index (κ1) is 28.3. The summed E-state index contributed by atoms with van der Waals surface area (Å²) >= 11 is 0. The Balaban J connectivity index is 2.05. The number of fused-ring (bicyclic) bond motifs is 1. The van der Waals surface area contributed by atoms with Crippen molar-refractivity contribution in [2.45, 2.75) is 50.8 Å². The van der Waals surface area contributed by atoms with E-state index in [-0.39, 0.29) is 65.5 Å². The van der Waals surface area contributed by atoms with Gasteiger partial charge in [-0.05, 0) is 45.0 Å². The Bertz CT molecular complexity index is 1200. The maximum absolute atomic E-state index is 13.6. The molecule has 1 aliphatic rings. The Kier molecular flexibility index (Phi) is 9.03. The van der Waals surface area contributed by atoms with E-state index in [1.165, 1.54) is 23.1 Å². The topological polar surface area (TPSA) is 128 Å². The second-order valence-electron chi connectivity index (χ2n) is 9.71. The Morgan fingerprint density at radius 3 is 2.46 bits per heavy atom. The average molecular weight is 533 g/mol. The van der Waals surface area contributed by atoms with Crippen molar-refractivity contribution >= 4 is 27.6 Å². The van der Waals surface area contributed by atoms with E-state index in [4.69, 9.17) is 4.74 Å². The van der Waals surface area contributed by atoms with E-state index in [1.54, 1.807) is 49.2 Å². The molecule has 0 bridgehead atoms. The number of hydrogen-bond donors (Lipinski definition) is 3. The fourth-order valence-electron chi connectivity index (χ4n) is 4.05. The highest BCUT2D eigenvalue weighted by molar-refractivity contribution is 7.92. The van der Waals surface area contributed by atoms with Gasteiger partial charge in [0.2, 0.25) is 0 Å². The minimum absolute atomic E-state index is 0.0520. The van der Waals surface area contributed by atoms with Gasteiger partial charge in [-0.15, -0.1) is 0 Å². The lowest BCUT2D eigenvalue weighted by Gasteiger charge is -2.38. The number of aliphatic hydroxyl groups excluding tert-OH is 1. The maximum atomic E-state index is 13.6. The number of aliphatic hydroxyl groups is 1. The summed E-state index contributed by atoms with van der Waals surface area (Å²) in [4.78, 5) is 29.3. The summed E-state index contributed by atoms with van der Waals surface area (Å²) in [5, 5.41) is 12.7. The fourth-order valence-corrected chi connectivity index (χ4v) is 5.14. The summed E-state index contributed by atoms with van der Waals surface area (Å²) in [5.74, 6) is -0.552. The van der Waals surface area contributed by atoms with Crippen LogP contribution in [-0.2, 0) is 10.0 Å². The van der Waals surface area contributed by atoms with Gasteiger partial charge in [0.1, 0.15) is 6.10 Å². The highest BCUT2D eigenvalue weighted by Gasteiger charge is 2.35. The minimum Gasteiger partial charge on any atom is -0.485 e. The molecule has 10 nitrogen and oxygen atoms in total. The van der Waals surface area contributed by atoms with Crippen LogP contribution < -0.4 is 14.8 Å². The molecule has 2 aromatic carbocycles. The largest absolute Gasteiger partial charge is 0.485 e. The lowest BCUT2D eigenvalue weighted by Crippen LogP contribution is -2.51. The molecule has 3 amide bonds. The van der Waals surface area contributed by atoms with Crippen molar-refractivity contribution in [3.8, 4) is 5.75 Å². The van der Waals surface area contributed by atoms with E-state index in [1.807, 2.05) is 20.8 Å². The molecule has 1 aliphatic heterocycles. The van der Waals surface area contributed by atoms with Gasteiger partial charge < -0.3 is 25.0 Å². The molecule has 0 fully saturated rings. The molecule has 37 heavy (non-hydrogen) atoms. The van der Waals surface area contributed by atoms with E-state index < -0.39 is 22.2 Å². The zero-order valence-corrected chi connectivity index (χ0v) is 22.7. The lowest BCUT2D eigenvalue weighted by atomic mass is 9.99. The van der Waals surface area contributed by atoms with E-state index in [2.05, 4.69) is 10.0 Å². The molecule has 0 spiro atoms. The average Bonchev–Trinajstić information content (AvgIpc) is 2.85. The van der Waals surface area contributed by atoms with Crippen LogP contribution >= 0.6 is 0 Å². The number of urea groups is 1. The Morgan fingerprint density at radius 1 is 1.16 bits per heavy atom. The standard InChI is InChI=1S/C26H36N4O6S/c1-17(2)27-26(33)29(5)15-23-18(3)14-30(19(4)16-31)25(32)21-12-9-13-22(24(21)36-23)28-37(34,35)20-10-7-6-8-11-20/h6-13,17-19,23,28,31H,14-16H2,1-5H3,(H,27,33)/t18-,19-,23+/m0/s1. The van der Waals surface area contributed by atoms with E-state index in [0.717, 1.165) is 0 Å². The van der Waals surface area contributed by atoms with Crippen LogP contribution in [0, 0.1) is 5.92 Å². The van der Waals surface area contributed by atoms with Gasteiger partial charge in [0.15, 0.2) is 5.75 Å². The molecule has 3 N–H and O–H groups in total. The number of anilines is 1. The first-order chi connectivity index (χ1) is 17.4. The number of benzene rings is 2. The van der Waals surface area contributed by atoms with Gasteiger partial charge in [-0.2, -0.15) is 0 Å². The SMILES string of the molecule is CC(C)NC(=O)N(C)C[C@H]1Oc2c(NS(=O)(=O)c3ccccc3)cccc2C(=O)N([C@@H](C)CO)C[C@@H]1C. The third-order valence-corrected chi connectivity index (χ3v) is 7.58.